The van der Waals surface area contributed by atoms with Crippen LogP contribution in [0.5, 0.6) is 5.75 Å². The highest BCUT2D eigenvalue weighted by Gasteiger charge is 2.20. The van der Waals surface area contributed by atoms with Crippen molar-refractivity contribution in [1.82, 2.24) is 0 Å². The van der Waals surface area contributed by atoms with Gasteiger partial charge in [-0.3, -0.25) is 4.79 Å². The molecule has 0 radical (unpaired) electrons. The number of ether oxygens (including phenoxy) is 1. The summed E-state index contributed by atoms with van der Waals surface area (Å²) in [6.45, 7) is 8.14. The van der Waals surface area contributed by atoms with E-state index in [0.717, 1.165) is 17.7 Å². The van der Waals surface area contributed by atoms with Gasteiger partial charge in [-0.1, -0.05) is 39.8 Å². The first kappa shape index (κ1) is 18.9. The number of carbonyl (C=O) groups is 1. The van der Waals surface area contributed by atoms with Crippen LogP contribution in [0.3, 0.4) is 0 Å². The quantitative estimate of drug-likeness (QED) is 0.821. The Morgan fingerprint density at radius 2 is 1.76 bits per heavy atom. The van der Waals surface area contributed by atoms with Gasteiger partial charge in [0.15, 0.2) is 6.10 Å². The second kappa shape index (κ2) is 7.64. The van der Waals surface area contributed by atoms with Gasteiger partial charge in [0.25, 0.3) is 5.91 Å². The van der Waals surface area contributed by atoms with Crippen molar-refractivity contribution < 1.29 is 18.3 Å². The van der Waals surface area contributed by atoms with Crippen molar-refractivity contribution in [3.63, 3.8) is 0 Å². The summed E-state index contributed by atoms with van der Waals surface area (Å²) in [7, 11) is 0. The molecule has 2 aromatic carbocycles. The average Bonchev–Trinajstić information content (AvgIpc) is 2.54. The molecule has 0 aliphatic carbocycles. The lowest BCUT2D eigenvalue weighted by molar-refractivity contribution is -0.122. The maximum Gasteiger partial charge on any atom is 0.265 e. The van der Waals surface area contributed by atoms with Crippen LogP contribution in [-0.4, -0.2) is 12.0 Å². The highest BCUT2D eigenvalue weighted by atomic mass is 19.1. The molecular weight excluding hydrogens is 324 g/mol. The minimum absolute atomic E-state index is 0.0279. The third kappa shape index (κ3) is 5.02. The van der Waals surface area contributed by atoms with E-state index in [9.17, 15) is 13.6 Å². The van der Waals surface area contributed by atoms with Crippen LogP contribution in [0.4, 0.5) is 14.5 Å². The smallest absolute Gasteiger partial charge is 0.265 e. The minimum atomic E-state index is -0.822. The molecule has 0 spiro atoms. The largest absolute Gasteiger partial charge is 0.481 e. The van der Waals surface area contributed by atoms with Crippen molar-refractivity contribution >= 4 is 11.6 Å². The third-order valence-electron chi connectivity index (χ3n) is 3.85. The molecule has 0 unspecified atom stereocenters. The highest BCUT2D eigenvalue weighted by molar-refractivity contribution is 5.94. The van der Waals surface area contributed by atoms with Gasteiger partial charge in [0.2, 0.25) is 0 Å². The fourth-order valence-electron chi connectivity index (χ4n) is 2.32. The zero-order valence-electron chi connectivity index (χ0n) is 14.9. The Balaban J connectivity index is 2.07. The van der Waals surface area contributed by atoms with Crippen molar-refractivity contribution in [3.8, 4) is 5.75 Å². The van der Waals surface area contributed by atoms with E-state index >= 15 is 0 Å². The molecule has 0 aliphatic heterocycles. The van der Waals surface area contributed by atoms with E-state index in [4.69, 9.17) is 4.74 Å². The molecule has 0 saturated heterocycles. The Kier molecular flexibility index (Phi) is 5.77. The molecular formula is C20H23F2NO2. The summed E-state index contributed by atoms with van der Waals surface area (Å²) >= 11 is 0. The molecule has 2 rings (SSSR count). The van der Waals surface area contributed by atoms with Gasteiger partial charge in [0.1, 0.15) is 17.4 Å². The molecule has 134 valence electrons. The van der Waals surface area contributed by atoms with Crippen molar-refractivity contribution in [2.24, 2.45) is 0 Å². The molecule has 0 fully saturated rings. The number of carbonyl (C=O) groups excluding carboxylic acids is 1. The average molecular weight is 347 g/mol. The van der Waals surface area contributed by atoms with Gasteiger partial charge >= 0.3 is 0 Å². The predicted octanol–water partition coefficient (Wildman–Crippen LogP) is 5.06. The maximum atomic E-state index is 13.7. The van der Waals surface area contributed by atoms with E-state index in [0.29, 0.717) is 12.2 Å². The third-order valence-corrected chi connectivity index (χ3v) is 3.85. The van der Waals surface area contributed by atoms with Crippen LogP contribution >= 0.6 is 0 Å². The number of halogens is 2. The molecule has 0 saturated carbocycles. The second-order valence-electron chi connectivity index (χ2n) is 6.90. The van der Waals surface area contributed by atoms with Gasteiger partial charge in [-0.25, -0.2) is 8.78 Å². The molecule has 1 N–H and O–H groups in total. The van der Waals surface area contributed by atoms with Gasteiger partial charge in [-0.05, 0) is 41.7 Å². The van der Waals surface area contributed by atoms with Gasteiger partial charge in [0.05, 0.1) is 5.69 Å². The summed E-state index contributed by atoms with van der Waals surface area (Å²) in [5.41, 5.74) is 1.11. The molecule has 0 bridgehead atoms. The number of hydrogen-bond acceptors (Lipinski definition) is 2. The topological polar surface area (TPSA) is 38.3 Å². The van der Waals surface area contributed by atoms with Crippen LogP contribution in [0.15, 0.2) is 42.5 Å². The number of rotatable bonds is 5. The van der Waals surface area contributed by atoms with E-state index in [1.165, 1.54) is 6.07 Å². The van der Waals surface area contributed by atoms with Crippen molar-refractivity contribution in [2.45, 2.75) is 45.6 Å². The number of amides is 1. The molecule has 1 amide bonds. The minimum Gasteiger partial charge on any atom is -0.481 e. The molecule has 1 atom stereocenters. The lowest BCUT2D eigenvalue weighted by Crippen LogP contribution is -2.32. The lowest BCUT2D eigenvalue weighted by Gasteiger charge is -2.21. The van der Waals surface area contributed by atoms with E-state index in [1.807, 2.05) is 24.3 Å². The Labute approximate surface area is 147 Å². The summed E-state index contributed by atoms with van der Waals surface area (Å²) in [5.74, 6) is -1.43. The van der Waals surface area contributed by atoms with Gasteiger partial charge in [0, 0.05) is 6.07 Å². The molecule has 3 nitrogen and oxygen atoms in total. The van der Waals surface area contributed by atoms with Crippen molar-refractivity contribution in [2.75, 3.05) is 5.32 Å². The van der Waals surface area contributed by atoms with E-state index in [-0.39, 0.29) is 11.1 Å². The Bertz CT molecular complexity index is 736. The summed E-state index contributed by atoms with van der Waals surface area (Å²) in [6.07, 6.45) is -0.361. The van der Waals surface area contributed by atoms with Crippen LogP contribution < -0.4 is 10.1 Å². The number of anilines is 1. The van der Waals surface area contributed by atoms with Crippen LogP contribution in [0.25, 0.3) is 0 Å². The number of hydrogen-bond donors (Lipinski definition) is 1. The molecule has 2 aromatic rings. The van der Waals surface area contributed by atoms with E-state index in [2.05, 4.69) is 26.1 Å². The fourth-order valence-corrected chi connectivity index (χ4v) is 2.32. The predicted molar refractivity (Wildman–Crippen MR) is 94.8 cm³/mol. The van der Waals surface area contributed by atoms with Crippen molar-refractivity contribution in [3.05, 3.63) is 59.7 Å². The van der Waals surface area contributed by atoms with Crippen LogP contribution in [-0.2, 0) is 10.2 Å². The van der Waals surface area contributed by atoms with Gasteiger partial charge in [-0.15, -0.1) is 0 Å². The maximum absolute atomic E-state index is 13.7. The van der Waals surface area contributed by atoms with Crippen molar-refractivity contribution in [1.29, 1.82) is 0 Å². The number of nitrogens with one attached hydrogen (secondary N) is 1. The highest BCUT2D eigenvalue weighted by Crippen LogP contribution is 2.25. The SMILES string of the molecule is CC[C@@H](Oc1ccc(C(C)(C)C)cc1)C(=O)Nc1ccc(F)cc1F. The lowest BCUT2D eigenvalue weighted by atomic mass is 9.87. The first-order valence-electron chi connectivity index (χ1n) is 8.24. The summed E-state index contributed by atoms with van der Waals surface area (Å²) in [5, 5.41) is 2.44. The monoisotopic (exact) mass is 347 g/mol. The van der Waals surface area contributed by atoms with E-state index in [1.54, 1.807) is 6.92 Å². The zero-order chi connectivity index (χ0) is 18.6. The molecule has 25 heavy (non-hydrogen) atoms. The Morgan fingerprint density at radius 3 is 2.28 bits per heavy atom. The molecule has 5 heteroatoms. The molecule has 0 aliphatic rings. The van der Waals surface area contributed by atoms with Crippen LogP contribution in [0, 0.1) is 11.6 Å². The molecule has 0 heterocycles. The standard InChI is InChI=1S/C20H23F2NO2/c1-5-18(19(24)23-17-11-8-14(21)12-16(17)22)25-15-9-6-13(7-10-15)20(2,3)4/h6-12,18H,5H2,1-4H3,(H,23,24)/t18-/m1/s1. The summed E-state index contributed by atoms with van der Waals surface area (Å²) in [4.78, 5) is 12.3. The molecule has 0 aromatic heterocycles. The Hall–Kier alpha value is -2.43. The first-order chi connectivity index (χ1) is 11.7. The van der Waals surface area contributed by atoms with Crippen LogP contribution in [0.1, 0.15) is 39.7 Å². The summed E-state index contributed by atoms with van der Waals surface area (Å²) < 4.78 is 32.3. The first-order valence-corrected chi connectivity index (χ1v) is 8.24. The fraction of sp³-hybridized carbons (Fsp3) is 0.350. The number of benzene rings is 2. The Morgan fingerprint density at radius 1 is 1.12 bits per heavy atom. The second-order valence-corrected chi connectivity index (χ2v) is 6.90. The van der Waals surface area contributed by atoms with E-state index < -0.39 is 23.6 Å². The van der Waals surface area contributed by atoms with Gasteiger partial charge < -0.3 is 10.1 Å². The normalized spacial score (nSPS) is 12.6. The summed E-state index contributed by atoms with van der Waals surface area (Å²) in [6, 6.07) is 10.5. The zero-order valence-corrected chi connectivity index (χ0v) is 14.9. The van der Waals surface area contributed by atoms with Gasteiger partial charge in [-0.2, -0.15) is 0 Å². The van der Waals surface area contributed by atoms with Crippen LogP contribution in [0.2, 0.25) is 0 Å².